The van der Waals surface area contributed by atoms with Gasteiger partial charge < -0.3 is 10.2 Å². The molecular formula is C14H18Cl2N2O. The van der Waals surface area contributed by atoms with E-state index < -0.39 is 0 Å². The fourth-order valence-corrected chi connectivity index (χ4v) is 2.64. The van der Waals surface area contributed by atoms with Crippen molar-refractivity contribution in [2.75, 3.05) is 19.6 Å². The van der Waals surface area contributed by atoms with Crippen LogP contribution in [0.2, 0.25) is 10.0 Å². The van der Waals surface area contributed by atoms with E-state index in [1.54, 1.807) is 18.2 Å². The first-order valence-electron chi connectivity index (χ1n) is 6.59. The molecule has 1 aromatic carbocycles. The van der Waals surface area contributed by atoms with Crippen LogP contribution in [0.5, 0.6) is 0 Å². The first-order valence-corrected chi connectivity index (χ1v) is 7.35. The third-order valence-electron chi connectivity index (χ3n) is 3.44. The summed E-state index contributed by atoms with van der Waals surface area (Å²) >= 11 is 11.8. The van der Waals surface area contributed by atoms with Crippen molar-refractivity contribution in [2.24, 2.45) is 0 Å². The molecule has 1 N–H and O–H groups in total. The van der Waals surface area contributed by atoms with Gasteiger partial charge in [-0.2, -0.15) is 0 Å². The average molecular weight is 301 g/mol. The van der Waals surface area contributed by atoms with Gasteiger partial charge in [-0.3, -0.25) is 4.79 Å². The normalized spacial score (nSPS) is 18.6. The number of benzene rings is 1. The molecule has 1 aromatic rings. The number of carbonyl (C=O) groups is 1. The molecule has 1 amide bonds. The lowest BCUT2D eigenvalue weighted by Gasteiger charge is -2.24. The van der Waals surface area contributed by atoms with Crippen molar-refractivity contribution < 1.29 is 4.79 Å². The standard InChI is InChI=1S/C14H18Cl2N2O/c1-2-18(9-11-4-3-7-17-11)14(19)10-5-6-12(15)13(16)8-10/h5-6,8,11,17H,2-4,7,9H2,1H3. The van der Waals surface area contributed by atoms with E-state index in [-0.39, 0.29) is 5.91 Å². The highest BCUT2D eigenvalue weighted by Crippen LogP contribution is 2.23. The second kappa shape index (κ2) is 6.60. The zero-order valence-corrected chi connectivity index (χ0v) is 12.5. The molecule has 0 saturated carbocycles. The molecule has 1 unspecified atom stereocenters. The highest BCUT2D eigenvalue weighted by Gasteiger charge is 2.21. The number of amides is 1. The molecule has 1 saturated heterocycles. The fourth-order valence-electron chi connectivity index (χ4n) is 2.35. The van der Waals surface area contributed by atoms with E-state index in [1.807, 2.05) is 11.8 Å². The number of carbonyl (C=O) groups excluding carboxylic acids is 1. The Morgan fingerprint density at radius 1 is 1.42 bits per heavy atom. The molecule has 104 valence electrons. The monoisotopic (exact) mass is 300 g/mol. The number of hydrogen-bond acceptors (Lipinski definition) is 2. The third-order valence-corrected chi connectivity index (χ3v) is 4.18. The number of nitrogens with one attached hydrogen (secondary N) is 1. The summed E-state index contributed by atoms with van der Waals surface area (Å²) in [5.74, 6) is 0.00904. The molecule has 0 spiro atoms. The van der Waals surface area contributed by atoms with Gasteiger partial charge in [0, 0.05) is 24.7 Å². The highest BCUT2D eigenvalue weighted by molar-refractivity contribution is 6.42. The molecule has 0 aromatic heterocycles. The summed E-state index contributed by atoms with van der Waals surface area (Å²) in [4.78, 5) is 14.3. The molecule has 1 aliphatic heterocycles. The summed E-state index contributed by atoms with van der Waals surface area (Å²) in [6, 6.07) is 5.43. The molecule has 19 heavy (non-hydrogen) atoms. The predicted molar refractivity (Wildman–Crippen MR) is 79.1 cm³/mol. The number of likely N-dealkylation sites (N-methyl/N-ethyl adjacent to an activating group) is 1. The largest absolute Gasteiger partial charge is 0.337 e. The average Bonchev–Trinajstić information content (AvgIpc) is 2.91. The minimum Gasteiger partial charge on any atom is -0.337 e. The maximum atomic E-state index is 12.4. The quantitative estimate of drug-likeness (QED) is 0.926. The number of nitrogens with zero attached hydrogens (tertiary/aromatic N) is 1. The van der Waals surface area contributed by atoms with Crippen molar-refractivity contribution in [3.63, 3.8) is 0 Å². The van der Waals surface area contributed by atoms with Crippen LogP contribution in [-0.4, -0.2) is 36.5 Å². The molecule has 2 rings (SSSR count). The smallest absolute Gasteiger partial charge is 0.253 e. The fraction of sp³-hybridized carbons (Fsp3) is 0.500. The number of rotatable bonds is 4. The van der Waals surface area contributed by atoms with Gasteiger partial charge in [-0.05, 0) is 44.5 Å². The van der Waals surface area contributed by atoms with Crippen molar-refractivity contribution in [3.8, 4) is 0 Å². The molecule has 0 aliphatic carbocycles. The predicted octanol–water partition coefficient (Wildman–Crippen LogP) is 3.21. The molecule has 3 nitrogen and oxygen atoms in total. The van der Waals surface area contributed by atoms with Crippen LogP contribution >= 0.6 is 23.2 Å². The lowest BCUT2D eigenvalue weighted by Crippen LogP contribution is -2.41. The summed E-state index contributed by atoms with van der Waals surface area (Å²) in [5.41, 5.74) is 0.592. The van der Waals surface area contributed by atoms with Crippen LogP contribution in [0, 0.1) is 0 Å². The van der Waals surface area contributed by atoms with Crippen molar-refractivity contribution >= 4 is 29.1 Å². The molecule has 1 heterocycles. The van der Waals surface area contributed by atoms with Crippen LogP contribution < -0.4 is 5.32 Å². The maximum absolute atomic E-state index is 12.4. The van der Waals surface area contributed by atoms with Crippen LogP contribution in [0.3, 0.4) is 0 Å². The van der Waals surface area contributed by atoms with Gasteiger partial charge in [-0.25, -0.2) is 0 Å². The lowest BCUT2D eigenvalue weighted by atomic mass is 10.1. The van der Waals surface area contributed by atoms with Gasteiger partial charge in [-0.1, -0.05) is 23.2 Å². The van der Waals surface area contributed by atoms with Crippen LogP contribution in [0.25, 0.3) is 0 Å². The lowest BCUT2D eigenvalue weighted by molar-refractivity contribution is 0.0751. The number of hydrogen-bond donors (Lipinski definition) is 1. The molecule has 5 heteroatoms. The van der Waals surface area contributed by atoms with E-state index in [1.165, 1.54) is 6.42 Å². The Morgan fingerprint density at radius 2 is 2.21 bits per heavy atom. The van der Waals surface area contributed by atoms with E-state index in [2.05, 4.69) is 5.32 Å². The first kappa shape index (κ1) is 14.6. The minimum atomic E-state index is 0.00904. The molecular weight excluding hydrogens is 283 g/mol. The second-order valence-corrected chi connectivity index (χ2v) is 5.58. The SMILES string of the molecule is CCN(CC1CCCN1)C(=O)c1ccc(Cl)c(Cl)c1. The van der Waals surface area contributed by atoms with Crippen LogP contribution in [0.15, 0.2) is 18.2 Å². The van der Waals surface area contributed by atoms with Crippen LogP contribution in [-0.2, 0) is 0 Å². The second-order valence-electron chi connectivity index (χ2n) is 4.77. The van der Waals surface area contributed by atoms with E-state index in [0.717, 1.165) is 19.5 Å². The zero-order chi connectivity index (χ0) is 13.8. The molecule has 1 atom stereocenters. The van der Waals surface area contributed by atoms with Crippen LogP contribution in [0.1, 0.15) is 30.1 Å². The highest BCUT2D eigenvalue weighted by atomic mass is 35.5. The Bertz CT molecular complexity index is 459. The topological polar surface area (TPSA) is 32.3 Å². The maximum Gasteiger partial charge on any atom is 0.253 e. The molecule has 0 radical (unpaired) electrons. The van der Waals surface area contributed by atoms with Gasteiger partial charge in [0.2, 0.25) is 0 Å². The van der Waals surface area contributed by atoms with E-state index >= 15 is 0 Å². The van der Waals surface area contributed by atoms with Gasteiger partial charge in [0.05, 0.1) is 10.0 Å². The Kier molecular flexibility index (Phi) is 5.08. The van der Waals surface area contributed by atoms with Crippen molar-refractivity contribution in [1.82, 2.24) is 10.2 Å². The van der Waals surface area contributed by atoms with Gasteiger partial charge in [0.1, 0.15) is 0 Å². The Labute approximate surface area is 123 Å². The van der Waals surface area contributed by atoms with E-state index in [0.29, 0.717) is 28.2 Å². The third kappa shape index (κ3) is 3.62. The van der Waals surface area contributed by atoms with Gasteiger partial charge in [0.15, 0.2) is 0 Å². The Balaban J connectivity index is 2.08. The summed E-state index contributed by atoms with van der Waals surface area (Å²) in [7, 11) is 0. The van der Waals surface area contributed by atoms with E-state index in [4.69, 9.17) is 23.2 Å². The molecule has 1 fully saturated rings. The molecule has 1 aliphatic rings. The summed E-state index contributed by atoms with van der Waals surface area (Å²) in [6.45, 7) is 4.47. The Morgan fingerprint density at radius 3 is 2.79 bits per heavy atom. The minimum absolute atomic E-state index is 0.00904. The first-order chi connectivity index (χ1) is 9.11. The Hall–Kier alpha value is -0.770. The van der Waals surface area contributed by atoms with Gasteiger partial charge >= 0.3 is 0 Å². The van der Waals surface area contributed by atoms with Crippen LogP contribution in [0.4, 0.5) is 0 Å². The van der Waals surface area contributed by atoms with Crippen molar-refractivity contribution in [2.45, 2.75) is 25.8 Å². The summed E-state index contributed by atoms with van der Waals surface area (Å²) in [6.07, 6.45) is 2.31. The van der Waals surface area contributed by atoms with Gasteiger partial charge in [0.25, 0.3) is 5.91 Å². The summed E-state index contributed by atoms with van der Waals surface area (Å²) < 4.78 is 0. The van der Waals surface area contributed by atoms with E-state index in [9.17, 15) is 4.79 Å². The zero-order valence-electron chi connectivity index (χ0n) is 11.0. The van der Waals surface area contributed by atoms with Gasteiger partial charge in [-0.15, -0.1) is 0 Å². The van der Waals surface area contributed by atoms with Crippen molar-refractivity contribution in [1.29, 1.82) is 0 Å². The summed E-state index contributed by atoms with van der Waals surface area (Å²) in [5, 5.41) is 4.30. The van der Waals surface area contributed by atoms with Crippen molar-refractivity contribution in [3.05, 3.63) is 33.8 Å². The molecule has 0 bridgehead atoms. The number of halogens is 2.